The fourth-order valence-corrected chi connectivity index (χ4v) is 1.20. The van der Waals surface area contributed by atoms with Gasteiger partial charge in [-0.15, -0.1) is 0 Å². The maximum absolute atomic E-state index is 13.1. The van der Waals surface area contributed by atoms with Gasteiger partial charge >= 0.3 is 0 Å². The van der Waals surface area contributed by atoms with Crippen molar-refractivity contribution in [2.45, 2.75) is 0 Å². The molecule has 0 aliphatic carbocycles. The molecule has 82 valence electrons. The summed E-state index contributed by atoms with van der Waals surface area (Å²) in [6.45, 7) is 0. The molecular weight excluding hydrogens is 235 g/mol. The molecule has 2 rings (SSSR count). The van der Waals surface area contributed by atoms with E-state index >= 15 is 0 Å². The minimum absolute atomic E-state index is 0.0313. The third-order valence-corrected chi connectivity index (χ3v) is 2.14. The van der Waals surface area contributed by atoms with Crippen LogP contribution in [0.3, 0.4) is 0 Å². The second-order valence-electron chi connectivity index (χ2n) is 2.92. The number of H-pyrrole nitrogens is 1. The number of hydrogen-bond acceptors (Lipinski definition) is 3. The first-order chi connectivity index (χ1) is 7.66. The Kier molecular flexibility index (Phi) is 2.82. The Morgan fingerprint density at radius 3 is 2.94 bits per heavy atom. The Morgan fingerprint density at radius 1 is 1.50 bits per heavy atom. The number of carbonyl (C=O) groups excluding carboxylic acids is 1. The maximum Gasteiger partial charge on any atom is 0.258 e. The highest BCUT2D eigenvalue weighted by Crippen LogP contribution is 2.16. The van der Waals surface area contributed by atoms with Crippen molar-refractivity contribution in [2.75, 3.05) is 5.32 Å². The molecule has 0 saturated heterocycles. The van der Waals surface area contributed by atoms with Crippen LogP contribution in [0.1, 0.15) is 10.4 Å². The van der Waals surface area contributed by atoms with Gasteiger partial charge in [0.1, 0.15) is 12.1 Å². The van der Waals surface area contributed by atoms with Gasteiger partial charge in [0.15, 0.2) is 0 Å². The summed E-state index contributed by atoms with van der Waals surface area (Å²) in [6.07, 6.45) is 1.25. The summed E-state index contributed by atoms with van der Waals surface area (Å²) in [6, 6.07) is 3.78. The maximum atomic E-state index is 13.1. The van der Waals surface area contributed by atoms with Crippen molar-refractivity contribution in [3.05, 3.63) is 40.9 Å². The molecule has 0 radical (unpaired) electrons. The predicted molar refractivity (Wildman–Crippen MR) is 55.7 cm³/mol. The van der Waals surface area contributed by atoms with Gasteiger partial charge in [0.25, 0.3) is 5.91 Å². The second-order valence-corrected chi connectivity index (χ2v) is 3.32. The molecule has 2 aromatic rings. The Morgan fingerprint density at radius 2 is 2.31 bits per heavy atom. The SMILES string of the molecule is O=C(Nc1ncn[nH]1)c1ccc(Cl)c(F)c1. The summed E-state index contributed by atoms with van der Waals surface area (Å²) < 4.78 is 13.1. The number of benzene rings is 1. The minimum Gasteiger partial charge on any atom is -0.291 e. The van der Waals surface area contributed by atoms with E-state index in [1.807, 2.05) is 0 Å². The molecule has 0 bridgehead atoms. The Labute approximate surface area is 94.7 Å². The van der Waals surface area contributed by atoms with Gasteiger partial charge in [-0.05, 0) is 18.2 Å². The van der Waals surface area contributed by atoms with E-state index in [1.54, 1.807) is 0 Å². The Bertz CT molecular complexity index is 514. The number of carbonyl (C=O) groups is 1. The van der Waals surface area contributed by atoms with Gasteiger partial charge in [0.2, 0.25) is 5.95 Å². The summed E-state index contributed by atoms with van der Waals surface area (Å²) in [5.41, 5.74) is 0.151. The monoisotopic (exact) mass is 240 g/mol. The second kappa shape index (κ2) is 4.28. The third-order valence-electron chi connectivity index (χ3n) is 1.83. The largest absolute Gasteiger partial charge is 0.291 e. The smallest absolute Gasteiger partial charge is 0.258 e. The molecule has 1 amide bonds. The van der Waals surface area contributed by atoms with E-state index in [2.05, 4.69) is 20.5 Å². The molecule has 5 nitrogen and oxygen atoms in total. The molecule has 0 aliphatic heterocycles. The van der Waals surface area contributed by atoms with Crippen molar-refractivity contribution < 1.29 is 9.18 Å². The van der Waals surface area contributed by atoms with Gasteiger partial charge in [0.05, 0.1) is 5.02 Å². The first-order valence-corrected chi connectivity index (χ1v) is 4.66. The van der Waals surface area contributed by atoms with E-state index < -0.39 is 11.7 Å². The number of aromatic nitrogens is 3. The highest BCUT2D eigenvalue weighted by molar-refractivity contribution is 6.30. The van der Waals surface area contributed by atoms with Crippen LogP contribution in [-0.4, -0.2) is 21.1 Å². The van der Waals surface area contributed by atoms with E-state index in [0.717, 1.165) is 6.07 Å². The van der Waals surface area contributed by atoms with Crippen LogP contribution in [0.5, 0.6) is 0 Å². The van der Waals surface area contributed by atoms with Crippen LogP contribution in [0.25, 0.3) is 0 Å². The number of halogens is 2. The van der Waals surface area contributed by atoms with Gasteiger partial charge in [0, 0.05) is 5.56 Å². The first kappa shape index (κ1) is 10.6. The number of rotatable bonds is 2. The van der Waals surface area contributed by atoms with Crippen LogP contribution in [0.4, 0.5) is 10.3 Å². The zero-order valence-corrected chi connectivity index (χ0v) is 8.62. The lowest BCUT2D eigenvalue weighted by atomic mass is 10.2. The lowest BCUT2D eigenvalue weighted by Crippen LogP contribution is -2.13. The molecule has 1 aromatic heterocycles. The standard InChI is InChI=1S/C9H6ClFN4O/c10-6-2-1-5(3-7(6)11)8(16)14-9-12-4-13-15-9/h1-4H,(H2,12,13,14,15,16). The number of nitrogens with zero attached hydrogens (tertiary/aromatic N) is 2. The zero-order valence-electron chi connectivity index (χ0n) is 7.87. The van der Waals surface area contributed by atoms with Crippen molar-refractivity contribution in [1.82, 2.24) is 15.2 Å². The molecule has 0 fully saturated rings. The molecular formula is C9H6ClFN4O. The molecule has 2 N–H and O–H groups in total. The quantitative estimate of drug-likeness (QED) is 0.842. The van der Waals surface area contributed by atoms with Gasteiger partial charge in [-0.2, -0.15) is 10.1 Å². The molecule has 0 atom stereocenters. The molecule has 0 saturated carbocycles. The van der Waals surface area contributed by atoms with Crippen molar-refractivity contribution in [3.8, 4) is 0 Å². The summed E-state index contributed by atoms with van der Waals surface area (Å²) in [7, 11) is 0. The number of aromatic amines is 1. The van der Waals surface area contributed by atoms with Crippen molar-refractivity contribution in [3.63, 3.8) is 0 Å². The van der Waals surface area contributed by atoms with Crippen LogP contribution in [0.2, 0.25) is 5.02 Å². The van der Waals surface area contributed by atoms with E-state index in [0.29, 0.717) is 0 Å². The van der Waals surface area contributed by atoms with Crippen LogP contribution in [0.15, 0.2) is 24.5 Å². The highest BCUT2D eigenvalue weighted by atomic mass is 35.5. The molecule has 0 spiro atoms. The summed E-state index contributed by atoms with van der Waals surface area (Å²) in [4.78, 5) is 15.3. The van der Waals surface area contributed by atoms with Crippen LogP contribution < -0.4 is 5.32 Å². The van der Waals surface area contributed by atoms with Crippen LogP contribution in [-0.2, 0) is 0 Å². The summed E-state index contributed by atoms with van der Waals surface area (Å²) in [5, 5.41) is 8.38. The van der Waals surface area contributed by atoms with E-state index in [-0.39, 0.29) is 16.5 Å². The van der Waals surface area contributed by atoms with Gasteiger partial charge in [-0.3, -0.25) is 10.1 Å². The van der Waals surface area contributed by atoms with E-state index in [9.17, 15) is 9.18 Å². The lowest BCUT2D eigenvalue weighted by Gasteiger charge is -2.02. The van der Waals surface area contributed by atoms with Crippen molar-refractivity contribution in [2.24, 2.45) is 0 Å². The third kappa shape index (κ3) is 2.17. The predicted octanol–water partition coefficient (Wildman–Crippen LogP) is 1.85. The average molecular weight is 241 g/mol. The zero-order chi connectivity index (χ0) is 11.5. The topological polar surface area (TPSA) is 70.7 Å². The van der Waals surface area contributed by atoms with Crippen LogP contribution in [0, 0.1) is 5.82 Å². The van der Waals surface area contributed by atoms with Crippen molar-refractivity contribution in [1.29, 1.82) is 0 Å². The molecule has 16 heavy (non-hydrogen) atoms. The number of anilines is 1. The van der Waals surface area contributed by atoms with E-state index in [4.69, 9.17) is 11.6 Å². The molecule has 7 heteroatoms. The van der Waals surface area contributed by atoms with Crippen LogP contribution >= 0.6 is 11.6 Å². The fraction of sp³-hybridized carbons (Fsp3) is 0. The Hall–Kier alpha value is -1.95. The minimum atomic E-state index is -0.646. The van der Waals surface area contributed by atoms with Crippen molar-refractivity contribution >= 4 is 23.5 Å². The van der Waals surface area contributed by atoms with Gasteiger partial charge < -0.3 is 0 Å². The number of hydrogen-bond donors (Lipinski definition) is 2. The van der Waals surface area contributed by atoms with E-state index in [1.165, 1.54) is 18.5 Å². The summed E-state index contributed by atoms with van der Waals surface area (Å²) in [5.74, 6) is -0.945. The molecule has 1 heterocycles. The number of amides is 1. The molecule has 0 unspecified atom stereocenters. The lowest BCUT2D eigenvalue weighted by molar-refractivity contribution is 0.102. The first-order valence-electron chi connectivity index (χ1n) is 4.28. The molecule has 0 aliphatic rings. The average Bonchev–Trinajstić information content (AvgIpc) is 2.74. The Balaban J connectivity index is 2.18. The van der Waals surface area contributed by atoms with Gasteiger partial charge in [-0.25, -0.2) is 9.49 Å². The highest BCUT2D eigenvalue weighted by Gasteiger charge is 2.09. The molecule has 1 aromatic carbocycles. The number of nitrogens with one attached hydrogen (secondary N) is 2. The summed E-state index contributed by atoms with van der Waals surface area (Å²) >= 11 is 5.49. The van der Waals surface area contributed by atoms with Gasteiger partial charge in [-0.1, -0.05) is 11.6 Å². The normalized spacial score (nSPS) is 10.1. The fourth-order valence-electron chi connectivity index (χ4n) is 1.08.